The van der Waals surface area contributed by atoms with Crippen molar-refractivity contribution in [3.8, 4) is 6.07 Å². The van der Waals surface area contributed by atoms with Gasteiger partial charge in [0.2, 0.25) is 11.9 Å². The van der Waals surface area contributed by atoms with Gasteiger partial charge in [-0.05, 0) is 50.8 Å². The van der Waals surface area contributed by atoms with Crippen molar-refractivity contribution in [1.82, 2.24) is 19.8 Å². The summed E-state index contributed by atoms with van der Waals surface area (Å²) in [6.07, 6.45) is 2.97. The van der Waals surface area contributed by atoms with Crippen LogP contribution in [0.25, 0.3) is 0 Å². The highest BCUT2D eigenvalue weighted by molar-refractivity contribution is 5.98. The van der Waals surface area contributed by atoms with Crippen LogP contribution in [0, 0.1) is 11.3 Å². The van der Waals surface area contributed by atoms with Crippen molar-refractivity contribution in [3.05, 3.63) is 46.6 Å². The summed E-state index contributed by atoms with van der Waals surface area (Å²) in [5.74, 6) is 1.50. The number of hydrogen-bond acceptors (Lipinski definition) is 7. The van der Waals surface area contributed by atoms with E-state index in [-0.39, 0.29) is 23.9 Å². The number of amides is 2. The van der Waals surface area contributed by atoms with Gasteiger partial charge in [-0.15, -0.1) is 0 Å². The third-order valence-electron chi connectivity index (χ3n) is 7.60. The van der Waals surface area contributed by atoms with Gasteiger partial charge in [0, 0.05) is 57.3 Å². The van der Waals surface area contributed by atoms with E-state index in [9.17, 15) is 9.59 Å². The van der Waals surface area contributed by atoms with Gasteiger partial charge >= 0.3 is 0 Å². The molecule has 1 aromatic heterocycles. The van der Waals surface area contributed by atoms with Gasteiger partial charge in [0.25, 0.3) is 5.91 Å². The van der Waals surface area contributed by atoms with E-state index < -0.39 is 0 Å². The Balaban J connectivity index is 1.47. The molecule has 3 aliphatic heterocycles. The Morgan fingerprint density at radius 3 is 2.47 bits per heavy atom. The van der Waals surface area contributed by atoms with Crippen molar-refractivity contribution >= 4 is 23.6 Å². The number of carbonyl (C=O) groups is 2. The average molecular weight is 488 g/mol. The molecule has 0 radical (unpaired) electrons. The maximum Gasteiger partial charge on any atom is 0.273 e. The molecule has 0 saturated carbocycles. The van der Waals surface area contributed by atoms with Gasteiger partial charge in [-0.25, -0.2) is 4.98 Å². The van der Waals surface area contributed by atoms with Gasteiger partial charge < -0.3 is 19.6 Å². The zero-order valence-corrected chi connectivity index (χ0v) is 21.3. The van der Waals surface area contributed by atoms with Crippen LogP contribution in [0.1, 0.15) is 60.8 Å². The Morgan fingerprint density at radius 2 is 1.83 bits per heavy atom. The SMILES string of the molecule is CC(=O)N1CCN(c2nc3c(c(N4CCCC4Cc4ccc(C#N)cc4)n2)CN(C(C)C)C3=O)CC1. The van der Waals surface area contributed by atoms with Crippen LogP contribution in [-0.2, 0) is 17.8 Å². The number of hydrogen-bond donors (Lipinski definition) is 0. The summed E-state index contributed by atoms with van der Waals surface area (Å²) in [6.45, 7) is 9.62. The fraction of sp³-hybridized carbons (Fsp3) is 0.519. The minimum absolute atomic E-state index is 0.0323. The number of nitrogens with zero attached hydrogens (tertiary/aromatic N) is 7. The first-order chi connectivity index (χ1) is 17.4. The number of anilines is 2. The largest absolute Gasteiger partial charge is 0.353 e. The molecule has 2 fully saturated rings. The minimum atomic E-state index is -0.0323. The minimum Gasteiger partial charge on any atom is -0.353 e. The van der Waals surface area contributed by atoms with Crippen LogP contribution < -0.4 is 9.80 Å². The first kappa shape index (κ1) is 24.0. The molecule has 5 rings (SSSR count). The van der Waals surface area contributed by atoms with Crippen LogP contribution in [0.3, 0.4) is 0 Å². The Morgan fingerprint density at radius 1 is 1.11 bits per heavy atom. The topological polar surface area (TPSA) is 96.7 Å². The molecule has 4 heterocycles. The van der Waals surface area contributed by atoms with Gasteiger partial charge in [0.1, 0.15) is 11.5 Å². The molecule has 9 heteroatoms. The molecule has 2 amide bonds. The zero-order chi connectivity index (χ0) is 25.4. The summed E-state index contributed by atoms with van der Waals surface area (Å²) in [5, 5.41) is 9.12. The van der Waals surface area contributed by atoms with Crippen LogP contribution in [0.4, 0.5) is 11.8 Å². The molecule has 2 saturated heterocycles. The molecule has 3 aliphatic rings. The van der Waals surface area contributed by atoms with Gasteiger partial charge in [0.15, 0.2) is 0 Å². The van der Waals surface area contributed by atoms with Crippen molar-refractivity contribution in [2.45, 2.75) is 58.7 Å². The molecule has 0 N–H and O–H groups in total. The molecule has 36 heavy (non-hydrogen) atoms. The molecule has 9 nitrogen and oxygen atoms in total. The molecule has 0 aliphatic carbocycles. The quantitative estimate of drug-likeness (QED) is 0.640. The van der Waals surface area contributed by atoms with E-state index in [2.05, 4.69) is 15.9 Å². The van der Waals surface area contributed by atoms with Crippen molar-refractivity contribution in [3.63, 3.8) is 0 Å². The first-order valence-electron chi connectivity index (χ1n) is 12.8. The summed E-state index contributed by atoms with van der Waals surface area (Å²) >= 11 is 0. The average Bonchev–Trinajstić information content (AvgIpc) is 3.48. The van der Waals surface area contributed by atoms with Crippen molar-refractivity contribution < 1.29 is 9.59 Å². The second kappa shape index (κ2) is 9.76. The van der Waals surface area contributed by atoms with Crippen molar-refractivity contribution in [2.75, 3.05) is 42.5 Å². The van der Waals surface area contributed by atoms with Crippen molar-refractivity contribution in [1.29, 1.82) is 5.26 Å². The summed E-state index contributed by atoms with van der Waals surface area (Å²) in [4.78, 5) is 43.2. The van der Waals surface area contributed by atoms with Crippen LogP contribution in [0.5, 0.6) is 0 Å². The number of carbonyl (C=O) groups excluding carboxylic acids is 2. The molecule has 2 aromatic rings. The van der Waals surface area contributed by atoms with Gasteiger partial charge in [0.05, 0.1) is 18.2 Å². The maximum absolute atomic E-state index is 13.3. The lowest BCUT2D eigenvalue weighted by Crippen LogP contribution is -2.48. The third kappa shape index (κ3) is 4.48. The fourth-order valence-electron chi connectivity index (χ4n) is 5.49. The highest BCUT2D eigenvalue weighted by Crippen LogP contribution is 2.36. The van der Waals surface area contributed by atoms with Crippen molar-refractivity contribution in [2.24, 2.45) is 0 Å². The number of fused-ring (bicyclic) bond motifs is 1. The molecule has 1 unspecified atom stereocenters. The molecular formula is C27H33N7O2. The third-order valence-corrected chi connectivity index (χ3v) is 7.60. The first-order valence-corrected chi connectivity index (χ1v) is 12.8. The smallest absolute Gasteiger partial charge is 0.273 e. The zero-order valence-electron chi connectivity index (χ0n) is 21.3. The van der Waals surface area contributed by atoms with E-state index in [1.165, 1.54) is 5.56 Å². The van der Waals surface area contributed by atoms with Crippen LogP contribution in [0.15, 0.2) is 24.3 Å². The number of piperazine rings is 1. The second-order valence-electron chi connectivity index (χ2n) is 10.2. The molecule has 1 aromatic carbocycles. The Hall–Kier alpha value is -3.67. The maximum atomic E-state index is 13.3. The standard InChI is InChI=1S/C27H33N7O2/c1-18(2)34-17-23-24(26(34)36)29-27(32-13-11-31(12-14-32)19(3)35)30-25(23)33-10-4-5-22(33)15-20-6-8-21(16-28)9-7-20/h6-9,18,22H,4-5,10-15,17H2,1-3H3. The predicted octanol–water partition coefficient (Wildman–Crippen LogP) is 2.59. The molecular weight excluding hydrogens is 454 g/mol. The molecule has 1 atom stereocenters. The Kier molecular flexibility index (Phi) is 6.52. The summed E-state index contributed by atoms with van der Waals surface area (Å²) in [7, 11) is 0. The highest BCUT2D eigenvalue weighted by atomic mass is 16.2. The highest BCUT2D eigenvalue weighted by Gasteiger charge is 2.38. The predicted molar refractivity (Wildman–Crippen MR) is 137 cm³/mol. The van der Waals surface area contributed by atoms with E-state index in [0.717, 1.165) is 37.2 Å². The lowest BCUT2D eigenvalue weighted by Gasteiger charge is -2.35. The number of nitriles is 1. The Bertz CT molecular complexity index is 1200. The number of rotatable bonds is 5. The molecule has 0 bridgehead atoms. The molecule has 188 valence electrons. The van der Waals surface area contributed by atoms with E-state index in [0.29, 0.717) is 49.9 Å². The van der Waals surface area contributed by atoms with Crippen LogP contribution in [0.2, 0.25) is 0 Å². The van der Waals surface area contributed by atoms with Gasteiger partial charge in [-0.1, -0.05) is 12.1 Å². The lowest BCUT2D eigenvalue weighted by molar-refractivity contribution is -0.129. The summed E-state index contributed by atoms with van der Waals surface area (Å²) in [5.41, 5.74) is 3.29. The van der Waals surface area contributed by atoms with E-state index in [4.69, 9.17) is 15.2 Å². The van der Waals surface area contributed by atoms with E-state index in [1.54, 1.807) is 6.92 Å². The van der Waals surface area contributed by atoms with E-state index in [1.807, 2.05) is 47.9 Å². The van der Waals surface area contributed by atoms with E-state index >= 15 is 0 Å². The molecule has 0 spiro atoms. The summed E-state index contributed by atoms with van der Waals surface area (Å²) in [6, 6.07) is 10.3. The Labute approximate surface area is 212 Å². The summed E-state index contributed by atoms with van der Waals surface area (Å²) < 4.78 is 0. The van der Waals surface area contributed by atoms with Crippen LogP contribution >= 0.6 is 0 Å². The van der Waals surface area contributed by atoms with Gasteiger partial charge in [-0.2, -0.15) is 10.2 Å². The van der Waals surface area contributed by atoms with Crippen LogP contribution in [-0.4, -0.2) is 76.4 Å². The normalized spacial score (nSPS) is 19.8. The van der Waals surface area contributed by atoms with Gasteiger partial charge in [-0.3, -0.25) is 9.59 Å². The second-order valence-corrected chi connectivity index (χ2v) is 10.2. The number of aromatic nitrogens is 2. The number of benzene rings is 1. The monoisotopic (exact) mass is 487 g/mol. The fourth-order valence-corrected chi connectivity index (χ4v) is 5.49. The lowest BCUT2D eigenvalue weighted by atomic mass is 10.0.